The number of pyridine rings is 1. The molecule has 0 fully saturated rings. The van der Waals surface area contributed by atoms with E-state index in [0.29, 0.717) is 11.5 Å². The van der Waals surface area contributed by atoms with Crippen molar-refractivity contribution in [1.29, 1.82) is 0 Å². The molecule has 0 saturated carbocycles. The Morgan fingerprint density at radius 3 is 2.22 bits per heavy atom. The average Bonchev–Trinajstić information content (AvgIpc) is 3.27. The van der Waals surface area contributed by atoms with Crippen LogP contribution in [0.3, 0.4) is 0 Å². The molecule has 0 amide bonds. The van der Waals surface area contributed by atoms with Gasteiger partial charge in [0.05, 0.1) is 11.9 Å². The Morgan fingerprint density at radius 2 is 1.50 bits per heavy atom. The third kappa shape index (κ3) is 4.79. The van der Waals surface area contributed by atoms with Gasteiger partial charge in [0, 0.05) is 18.6 Å². The topological polar surface area (TPSA) is 65.7 Å². The minimum atomic E-state index is 0. The van der Waals surface area contributed by atoms with E-state index in [1.54, 1.807) is 24.8 Å². The molecular formula is C26H17N5Pt. The summed E-state index contributed by atoms with van der Waals surface area (Å²) in [7, 11) is 0. The Balaban J connectivity index is 0.000000164. The molecule has 0 aliphatic carbocycles. The molecule has 0 unspecified atom stereocenters. The molecule has 0 N–H and O–H groups in total. The molecule has 0 radical (unpaired) electrons. The Kier molecular flexibility index (Phi) is 6.78. The van der Waals surface area contributed by atoms with Gasteiger partial charge < -0.3 is 15.0 Å². The standard InChI is InChI=1S/C15H9N4.C11H8N.Pt/c1-2-4-11-8-13-12(7-10(11)3-1)18-15(19-13)14-9-16-5-6-17-14;1-2-6-10(7-3-1)11-8-4-5-9-12-11;/h1-9H;1-6,8-9H;/q2*-1;+2. The fourth-order valence-corrected chi connectivity index (χ4v) is 3.25. The maximum atomic E-state index is 4.52. The van der Waals surface area contributed by atoms with E-state index < -0.39 is 0 Å². The van der Waals surface area contributed by atoms with Crippen LogP contribution in [0.5, 0.6) is 0 Å². The molecule has 0 aliphatic rings. The second-order valence-corrected chi connectivity index (χ2v) is 6.82. The Labute approximate surface area is 199 Å². The molecule has 6 aromatic rings. The monoisotopic (exact) mass is 594 g/mol. The van der Waals surface area contributed by atoms with Crippen molar-refractivity contribution in [3.63, 3.8) is 0 Å². The van der Waals surface area contributed by atoms with Crippen molar-refractivity contribution in [3.8, 4) is 22.8 Å². The molecule has 3 aromatic heterocycles. The summed E-state index contributed by atoms with van der Waals surface area (Å²) in [6.07, 6.45) is 6.75. The van der Waals surface area contributed by atoms with E-state index in [1.165, 1.54) is 10.8 Å². The van der Waals surface area contributed by atoms with Crippen molar-refractivity contribution in [2.45, 2.75) is 0 Å². The first-order valence-electron chi connectivity index (χ1n) is 9.84. The number of fused-ring (bicyclic) bond motifs is 2. The van der Waals surface area contributed by atoms with E-state index in [2.05, 4.69) is 55.3 Å². The summed E-state index contributed by atoms with van der Waals surface area (Å²) < 4.78 is 0. The molecule has 3 heterocycles. The van der Waals surface area contributed by atoms with Crippen molar-refractivity contribution in [1.82, 2.24) is 24.9 Å². The number of hydrogen-bond donors (Lipinski definition) is 0. The number of rotatable bonds is 2. The molecule has 156 valence electrons. The first kappa shape index (κ1) is 21.5. The van der Waals surface area contributed by atoms with Gasteiger partial charge in [0.1, 0.15) is 0 Å². The molecule has 5 nitrogen and oxygen atoms in total. The van der Waals surface area contributed by atoms with Crippen LogP contribution in [0.2, 0.25) is 0 Å². The van der Waals surface area contributed by atoms with E-state index in [-0.39, 0.29) is 21.1 Å². The van der Waals surface area contributed by atoms with Crippen molar-refractivity contribution < 1.29 is 21.1 Å². The molecule has 32 heavy (non-hydrogen) atoms. The quantitative estimate of drug-likeness (QED) is 0.253. The third-order valence-electron chi connectivity index (χ3n) is 4.74. The zero-order chi connectivity index (χ0) is 20.9. The van der Waals surface area contributed by atoms with E-state index in [9.17, 15) is 0 Å². The van der Waals surface area contributed by atoms with E-state index >= 15 is 0 Å². The van der Waals surface area contributed by atoms with Gasteiger partial charge >= 0.3 is 21.1 Å². The first-order chi connectivity index (χ1) is 15.4. The predicted molar refractivity (Wildman–Crippen MR) is 122 cm³/mol. The maximum Gasteiger partial charge on any atom is 2.00 e. The summed E-state index contributed by atoms with van der Waals surface area (Å²) in [5.74, 6) is 0.624. The van der Waals surface area contributed by atoms with Crippen LogP contribution in [0.4, 0.5) is 0 Å². The van der Waals surface area contributed by atoms with Crippen LogP contribution in [-0.4, -0.2) is 19.9 Å². The molecular weight excluding hydrogens is 577 g/mol. The van der Waals surface area contributed by atoms with Crippen LogP contribution in [-0.2, 0) is 21.1 Å². The summed E-state index contributed by atoms with van der Waals surface area (Å²) in [5, 5.41) is 2.33. The van der Waals surface area contributed by atoms with Crippen LogP contribution < -0.4 is 4.98 Å². The normalized spacial score (nSPS) is 10.2. The molecule has 6 heteroatoms. The van der Waals surface area contributed by atoms with Crippen LogP contribution in [0.15, 0.2) is 104 Å². The Hall–Kier alpha value is -3.69. The third-order valence-corrected chi connectivity index (χ3v) is 4.74. The van der Waals surface area contributed by atoms with Gasteiger partial charge in [-0.1, -0.05) is 48.5 Å². The second kappa shape index (κ2) is 10.1. The largest absolute Gasteiger partial charge is 2.00 e. The van der Waals surface area contributed by atoms with Crippen LogP contribution in [0.25, 0.3) is 44.6 Å². The molecule has 0 bridgehead atoms. The van der Waals surface area contributed by atoms with Gasteiger partial charge in [-0.15, -0.1) is 35.9 Å². The van der Waals surface area contributed by atoms with E-state index in [1.807, 2.05) is 54.6 Å². The van der Waals surface area contributed by atoms with E-state index in [4.69, 9.17) is 0 Å². The Morgan fingerprint density at radius 1 is 0.719 bits per heavy atom. The summed E-state index contributed by atoms with van der Waals surface area (Å²) in [6.45, 7) is 0. The smallest absolute Gasteiger partial charge is 0.434 e. The molecule has 3 aromatic carbocycles. The summed E-state index contributed by atoms with van der Waals surface area (Å²) in [5.41, 5.74) is 4.48. The van der Waals surface area contributed by atoms with Gasteiger partial charge in [0.15, 0.2) is 0 Å². The molecule has 0 atom stereocenters. The average molecular weight is 595 g/mol. The van der Waals surface area contributed by atoms with Crippen LogP contribution >= 0.6 is 0 Å². The minimum absolute atomic E-state index is 0. The van der Waals surface area contributed by atoms with Gasteiger partial charge in [-0.3, -0.25) is 9.97 Å². The molecule has 0 spiro atoms. The fourth-order valence-electron chi connectivity index (χ4n) is 3.25. The zero-order valence-electron chi connectivity index (χ0n) is 16.9. The van der Waals surface area contributed by atoms with Crippen LogP contribution in [0, 0.1) is 6.07 Å². The predicted octanol–water partition coefficient (Wildman–Crippen LogP) is 5.35. The minimum Gasteiger partial charge on any atom is -0.434 e. The van der Waals surface area contributed by atoms with Crippen molar-refractivity contribution in [2.24, 2.45) is 0 Å². The van der Waals surface area contributed by atoms with Crippen molar-refractivity contribution in [2.75, 3.05) is 0 Å². The van der Waals surface area contributed by atoms with Gasteiger partial charge in [-0.2, -0.15) is 0 Å². The van der Waals surface area contributed by atoms with Gasteiger partial charge in [0.2, 0.25) is 0 Å². The number of hydrogen-bond acceptors (Lipinski definition) is 4. The summed E-state index contributed by atoms with van der Waals surface area (Å²) in [6, 6.07) is 29.1. The van der Waals surface area contributed by atoms with Crippen molar-refractivity contribution >= 4 is 21.8 Å². The second-order valence-electron chi connectivity index (χ2n) is 6.82. The molecule has 6 rings (SSSR count). The maximum absolute atomic E-state index is 4.52. The first-order valence-corrected chi connectivity index (χ1v) is 9.84. The number of aromatic nitrogens is 5. The number of benzene rings is 3. The molecule has 0 saturated heterocycles. The van der Waals surface area contributed by atoms with Crippen molar-refractivity contribution in [3.05, 3.63) is 110 Å². The number of nitrogens with zero attached hydrogens (tertiary/aromatic N) is 5. The zero-order valence-corrected chi connectivity index (χ0v) is 19.1. The Bertz CT molecular complexity index is 1330. The van der Waals surface area contributed by atoms with E-state index in [0.717, 1.165) is 22.3 Å². The molecule has 0 aliphatic heterocycles. The van der Waals surface area contributed by atoms with Gasteiger partial charge in [-0.05, 0) is 39.4 Å². The summed E-state index contributed by atoms with van der Waals surface area (Å²) in [4.78, 5) is 21.5. The summed E-state index contributed by atoms with van der Waals surface area (Å²) >= 11 is 0. The van der Waals surface area contributed by atoms with Gasteiger partial charge in [0.25, 0.3) is 0 Å². The fraction of sp³-hybridized carbons (Fsp3) is 0. The number of imidazole rings is 1. The van der Waals surface area contributed by atoms with Gasteiger partial charge in [-0.25, -0.2) is 0 Å². The SMILES string of the molecule is [Pt+2].[c-]1ccccc1-c1ccccn1.c1ccc2cc3[n-]c(-c4cnccn4)nc3cc2c1. The van der Waals surface area contributed by atoms with Crippen LogP contribution in [0.1, 0.15) is 0 Å².